The molecule has 2 rings (SSSR count). The van der Waals surface area contributed by atoms with Gasteiger partial charge in [0, 0.05) is 16.8 Å². The third-order valence-electron chi connectivity index (χ3n) is 3.72. The van der Waals surface area contributed by atoms with Gasteiger partial charge >= 0.3 is 0 Å². The Kier molecular flexibility index (Phi) is 6.18. The molecule has 2 aromatic carbocycles. The first-order valence-electron chi connectivity index (χ1n) is 7.62. The Labute approximate surface area is 152 Å². The first kappa shape index (κ1) is 19.4. The van der Waals surface area contributed by atoms with Crippen molar-refractivity contribution in [1.82, 2.24) is 5.32 Å². The molecule has 2 aromatic rings. The molecule has 0 saturated heterocycles. The highest BCUT2D eigenvalue weighted by molar-refractivity contribution is 7.89. The van der Waals surface area contributed by atoms with Crippen LogP contribution in [0.25, 0.3) is 0 Å². The van der Waals surface area contributed by atoms with Crippen molar-refractivity contribution in [2.24, 2.45) is 5.14 Å². The van der Waals surface area contributed by atoms with Gasteiger partial charge in [0.15, 0.2) is 0 Å². The fourth-order valence-electron chi connectivity index (χ4n) is 2.35. The molecular weight excluding hydrogens is 362 g/mol. The fraction of sp³-hybridized carbons (Fsp3) is 0.235. The minimum Gasteiger partial charge on any atom is -0.325 e. The van der Waals surface area contributed by atoms with Gasteiger partial charge in [-0.3, -0.25) is 10.1 Å². The van der Waals surface area contributed by atoms with E-state index in [2.05, 4.69) is 10.6 Å². The van der Waals surface area contributed by atoms with Crippen molar-refractivity contribution in [3.8, 4) is 0 Å². The first-order valence-corrected chi connectivity index (χ1v) is 9.55. The van der Waals surface area contributed by atoms with Crippen LogP contribution in [0.2, 0.25) is 5.02 Å². The summed E-state index contributed by atoms with van der Waals surface area (Å²) >= 11 is 6.16. The molecule has 134 valence electrons. The lowest BCUT2D eigenvalue weighted by Crippen LogP contribution is -2.39. The van der Waals surface area contributed by atoms with Crippen LogP contribution in [0.5, 0.6) is 0 Å². The van der Waals surface area contributed by atoms with Crippen LogP contribution < -0.4 is 15.8 Å². The number of hydrogen-bond donors (Lipinski definition) is 3. The van der Waals surface area contributed by atoms with E-state index in [-0.39, 0.29) is 16.8 Å². The summed E-state index contributed by atoms with van der Waals surface area (Å²) in [5, 5.41) is 11.6. The molecule has 0 heterocycles. The standard InChI is InChI=1S/C17H20ClN3O3S/c1-11(15-5-3-4-6-16(15)18)20-12(2)17(22)21-13-7-9-14(10-8-13)25(19,23)24/h3-12,20H,1-2H3,(H,21,22)(H2,19,23,24)/t11-,12-/m0/s1. The molecular formula is C17H20ClN3O3S. The van der Waals surface area contributed by atoms with Crippen LogP contribution in [0.15, 0.2) is 53.4 Å². The molecule has 0 aliphatic carbocycles. The normalized spacial score (nSPS) is 13.9. The van der Waals surface area contributed by atoms with Gasteiger partial charge in [0.2, 0.25) is 15.9 Å². The van der Waals surface area contributed by atoms with Crippen LogP contribution in [0, 0.1) is 0 Å². The molecule has 0 bridgehead atoms. The SMILES string of the molecule is C[C@H](N[C@@H](C)c1ccccc1Cl)C(=O)Nc1ccc(S(N)(=O)=O)cc1. The van der Waals surface area contributed by atoms with E-state index in [0.29, 0.717) is 10.7 Å². The summed E-state index contributed by atoms with van der Waals surface area (Å²) in [5.74, 6) is -0.248. The minimum atomic E-state index is -3.75. The van der Waals surface area contributed by atoms with E-state index in [4.69, 9.17) is 16.7 Å². The van der Waals surface area contributed by atoms with Gasteiger partial charge in [-0.25, -0.2) is 13.6 Å². The molecule has 2 atom stereocenters. The second-order valence-corrected chi connectivity index (χ2v) is 7.66. The monoisotopic (exact) mass is 381 g/mol. The van der Waals surface area contributed by atoms with Gasteiger partial charge in [-0.2, -0.15) is 0 Å². The van der Waals surface area contributed by atoms with Crippen molar-refractivity contribution in [3.63, 3.8) is 0 Å². The maximum Gasteiger partial charge on any atom is 0.241 e. The fourth-order valence-corrected chi connectivity index (χ4v) is 3.16. The Bertz CT molecular complexity index is 854. The Morgan fingerprint density at radius 3 is 2.24 bits per heavy atom. The van der Waals surface area contributed by atoms with Gasteiger partial charge in [0.05, 0.1) is 10.9 Å². The van der Waals surface area contributed by atoms with Crippen LogP contribution >= 0.6 is 11.6 Å². The number of carbonyl (C=O) groups is 1. The van der Waals surface area contributed by atoms with Gasteiger partial charge < -0.3 is 5.32 Å². The van der Waals surface area contributed by atoms with E-state index in [9.17, 15) is 13.2 Å². The van der Waals surface area contributed by atoms with Gasteiger partial charge in [0.25, 0.3) is 0 Å². The molecule has 0 aliphatic rings. The number of benzene rings is 2. The van der Waals surface area contributed by atoms with E-state index in [0.717, 1.165) is 5.56 Å². The quantitative estimate of drug-likeness (QED) is 0.715. The lowest BCUT2D eigenvalue weighted by molar-refractivity contribution is -0.117. The number of nitrogens with one attached hydrogen (secondary N) is 2. The van der Waals surface area contributed by atoms with Crippen molar-refractivity contribution in [1.29, 1.82) is 0 Å². The van der Waals surface area contributed by atoms with Gasteiger partial charge in [-0.15, -0.1) is 0 Å². The highest BCUT2D eigenvalue weighted by atomic mass is 35.5. The van der Waals surface area contributed by atoms with E-state index >= 15 is 0 Å². The largest absolute Gasteiger partial charge is 0.325 e. The summed E-state index contributed by atoms with van der Waals surface area (Å²) in [6, 6.07) is 12.5. The van der Waals surface area contributed by atoms with Crippen LogP contribution in [0.4, 0.5) is 5.69 Å². The molecule has 0 aromatic heterocycles. The summed E-state index contributed by atoms with van der Waals surface area (Å²) in [6.07, 6.45) is 0. The van der Waals surface area contributed by atoms with E-state index in [1.165, 1.54) is 24.3 Å². The predicted octanol–water partition coefficient (Wildman–Crippen LogP) is 2.67. The number of primary sulfonamides is 1. The Morgan fingerprint density at radius 1 is 1.08 bits per heavy atom. The van der Waals surface area contributed by atoms with Crippen molar-refractivity contribution in [3.05, 3.63) is 59.1 Å². The number of nitrogens with two attached hydrogens (primary N) is 1. The number of sulfonamides is 1. The smallest absolute Gasteiger partial charge is 0.241 e. The average Bonchev–Trinajstić information content (AvgIpc) is 2.54. The summed E-state index contributed by atoms with van der Waals surface area (Å²) in [6.45, 7) is 3.66. The minimum absolute atomic E-state index is 0.0102. The third-order valence-corrected chi connectivity index (χ3v) is 4.99. The molecule has 0 unspecified atom stereocenters. The van der Waals surface area contributed by atoms with Gasteiger partial charge in [-0.05, 0) is 49.7 Å². The van der Waals surface area contributed by atoms with Crippen molar-refractivity contribution in [2.45, 2.75) is 30.8 Å². The van der Waals surface area contributed by atoms with Crippen LogP contribution in [0.3, 0.4) is 0 Å². The summed E-state index contributed by atoms with van der Waals surface area (Å²) < 4.78 is 22.5. The van der Waals surface area contributed by atoms with E-state index < -0.39 is 16.1 Å². The van der Waals surface area contributed by atoms with Gasteiger partial charge in [-0.1, -0.05) is 29.8 Å². The zero-order valence-corrected chi connectivity index (χ0v) is 15.4. The van der Waals surface area contributed by atoms with Crippen molar-refractivity contribution < 1.29 is 13.2 Å². The molecule has 0 spiro atoms. The molecule has 4 N–H and O–H groups in total. The molecule has 0 fully saturated rings. The molecule has 8 heteroatoms. The second kappa shape index (κ2) is 7.97. The molecule has 0 aliphatic heterocycles. The average molecular weight is 382 g/mol. The summed E-state index contributed by atoms with van der Waals surface area (Å²) in [4.78, 5) is 12.3. The molecule has 0 radical (unpaired) electrons. The zero-order valence-electron chi connectivity index (χ0n) is 13.9. The lowest BCUT2D eigenvalue weighted by atomic mass is 10.1. The van der Waals surface area contributed by atoms with Crippen molar-refractivity contribution in [2.75, 3.05) is 5.32 Å². The van der Waals surface area contributed by atoms with E-state index in [1.807, 2.05) is 25.1 Å². The van der Waals surface area contributed by atoms with Gasteiger partial charge in [0.1, 0.15) is 0 Å². The molecule has 0 saturated carbocycles. The molecule has 6 nitrogen and oxygen atoms in total. The molecule has 1 amide bonds. The maximum absolute atomic E-state index is 12.3. The number of rotatable bonds is 6. The van der Waals surface area contributed by atoms with Crippen LogP contribution in [-0.4, -0.2) is 20.4 Å². The number of halogens is 1. The highest BCUT2D eigenvalue weighted by Crippen LogP contribution is 2.22. The number of hydrogen-bond acceptors (Lipinski definition) is 4. The first-order chi connectivity index (χ1) is 11.7. The number of anilines is 1. The second-order valence-electron chi connectivity index (χ2n) is 5.69. The molecule has 25 heavy (non-hydrogen) atoms. The van der Waals surface area contributed by atoms with Crippen LogP contribution in [0.1, 0.15) is 25.5 Å². The lowest BCUT2D eigenvalue weighted by Gasteiger charge is -2.21. The highest BCUT2D eigenvalue weighted by Gasteiger charge is 2.18. The Morgan fingerprint density at radius 2 is 1.68 bits per heavy atom. The number of amides is 1. The summed E-state index contributed by atoms with van der Waals surface area (Å²) in [5.41, 5.74) is 1.39. The Balaban J connectivity index is 1.99. The predicted molar refractivity (Wildman–Crippen MR) is 98.9 cm³/mol. The third kappa shape index (κ3) is 5.27. The number of carbonyl (C=O) groups excluding carboxylic acids is 1. The maximum atomic E-state index is 12.3. The van der Waals surface area contributed by atoms with Crippen molar-refractivity contribution >= 4 is 33.2 Å². The zero-order chi connectivity index (χ0) is 18.6. The van der Waals surface area contributed by atoms with E-state index in [1.54, 1.807) is 13.0 Å². The topological polar surface area (TPSA) is 101 Å². The summed E-state index contributed by atoms with van der Waals surface area (Å²) in [7, 11) is -3.75. The Hall–Kier alpha value is -1.93. The van der Waals surface area contributed by atoms with Crippen LogP contribution in [-0.2, 0) is 14.8 Å².